The van der Waals surface area contributed by atoms with Crippen LogP contribution in [0.15, 0.2) is 29.3 Å². The minimum atomic E-state index is -2.51. The van der Waals surface area contributed by atoms with Gasteiger partial charge in [0.1, 0.15) is 5.69 Å². The van der Waals surface area contributed by atoms with E-state index in [1.165, 1.54) is 18.5 Å². The van der Waals surface area contributed by atoms with Gasteiger partial charge < -0.3 is 10.7 Å². The summed E-state index contributed by atoms with van der Waals surface area (Å²) < 4.78 is 51.4. The third-order valence-electron chi connectivity index (χ3n) is 6.44. The summed E-state index contributed by atoms with van der Waals surface area (Å²) in [7, 11) is 0. The van der Waals surface area contributed by atoms with Gasteiger partial charge in [-0.1, -0.05) is 12.8 Å². The fraction of sp³-hybridized carbons (Fsp3) is 0.591. The van der Waals surface area contributed by atoms with Crippen LogP contribution in [0.3, 0.4) is 0 Å². The first kappa shape index (κ1) is 23.2. The number of pyridine rings is 2. The quantitative estimate of drug-likeness (QED) is 0.664. The number of hydrogen-bond donors (Lipinski definition) is 2. The fourth-order valence-corrected chi connectivity index (χ4v) is 4.77. The topological polar surface area (TPSA) is 88.8 Å². The van der Waals surface area contributed by atoms with Gasteiger partial charge in [0.05, 0.1) is 10.9 Å². The number of fused-ring (bicyclic) bond motifs is 1. The van der Waals surface area contributed by atoms with Crippen LogP contribution in [0.2, 0.25) is 0 Å². The highest BCUT2D eigenvalue weighted by atomic mass is 19.3. The molecule has 170 valence electrons. The van der Waals surface area contributed by atoms with Gasteiger partial charge in [-0.05, 0) is 43.6 Å². The lowest BCUT2D eigenvalue weighted by Crippen LogP contribution is -2.32. The predicted octanol–water partition coefficient (Wildman–Crippen LogP) is 4.91. The fourth-order valence-electron chi connectivity index (χ4n) is 4.77. The number of aromatic nitrogens is 2. The summed E-state index contributed by atoms with van der Waals surface area (Å²) in [4.78, 5) is 29.0. The number of H-pyrrole nitrogens is 1. The molecule has 2 atom stereocenters. The maximum atomic E-state index is 13.0. The number of alkyl halides is 4. The first-order chi connectivity index (χ1) is 14.7. The average Bonchev–Trinajstić information content (AvgIpc) is 2.74. The van der Waals surface area contributed by atoms with Gasteiger partial charge in [0.15, 0.2) is 5.43 Å². The zero-order valence-electron chi connectivity index (χ0n) is 17.1. The Hall–Kier alpha value is -2.45. The molecule has 9 heteroatoms. The molecule has 2 aliphatic rings. The van der Waals surface area contributed by atoms with Gasteiger partial charge in [0.2, 0.25) is 12.3 Å². The van der Waals surface area contributed by atoms with Crippen LogP contribution in [-0.2, 0) is 0 Å². The number of nitrogens with two attached hydrogens (primary N) is 1. The van der Waals surface area contributed by atoms with Crippen molar-refractivity contribution in [2.24, 2.45) is 23.5 Å². The minimum absolute atomic E-state index is 0.00403. The lowest BCUT2D eigenvalue weighted by Gasteiger charge is -2.38. The molecule has 4 rings (SSSR count). The van der Waals surface area contributed by atoms with Gasteiger partial charge in [-0.3, -0.25) is 14.6 Å². The zero-order chi connectivity index (χ0) is 22.6. The van der Waals surface area contributed by atoms with Crippen molar-refractivity contribution < 1.29 is 22.4 Å². The van der Waals surface area contributed by atoms with Crippen molar-refractivity contribution in [3.8, 4) is 0 Å². The van der Waals surface area contributed by atoms with Gasteiger partial charge in [0, 0.05) is 37.2 Å². The molecule has 2 aliphatic carbocycles. The molecule has 2 fully saturated rings. The maximum absolute atomic E-state index is 13.0. The molecule has 1 unspecified atom stereocenters. The second-order valence-electron chi connectivity index (χ2n) is 8.50. The molecule has 2 aromatic heterocycles. The van der Waals surface area contributed by atoms with E-state index in [0.29, 0.717) is 31.2 Å². The lowest BCUT2D eigenvalue weighted by atomic mass is 9.70. The number of carbonyl (C=O) groups is 1. The van der Waals surface area contributed by atoms with E-state index in [1.807, 2.05) is 0 Å². The monoisotopic (exact) mass is 441 g/mol. The van der Waals surface area contributed by atoms with Crippen molar-refractivity contribution >= 4 is 16.8 Å². The van der Waals surface area contributed by atoms with E-state index in [0.717, 1.165) is 12.8 Å². The molecular formula is C22H27F4N3O2. The van der Waals surface area contributed by atoms with E-state index >= 15 is 0 Å². The van der Waals surface area contributed by atoms with E-state index in [4.69, 9.17) is 5.73 Å². The zero-order valence-corrected chi connectivity index (χ0v) is 17.1. The van der Waals surface area contributed by atoms with Crippen molar-refractivity contribution in [3.63, 3.8) is 0 Å². The highest BCUT2D eigenvalue weighted by Gasteiger charge is 2.39. The molecule has 1 amide bonds. The van der Waals surface area contributed by atoms with E-state index < -0.39 is 24.2 Å². The molecule has 5 nitrogen and oxygen atoms in total. The van der Waals surface area contributed by atoms with E-state index in [1.54, 1.807) is 6.07 Å². The van der Waals surface area contributed by atoms with Gasteiger partial charge in [-0.15, -0.1) is 0 Å². The number of nitrogens with one attached hydrogen (secondary N) is 1. The summed E-state index contributed by atoms with van der Waals surface area (Å²) in [5.74, 6) is -3.17. The molecule has 2 heterocycles. The Morgan fingerprint density at radius 1 is 1.13 bits per heavy atom. The Kier molecular flexibility index (Phi) is 7.33. The van der Waals surface area contributed by atoms with Crippen LogP contribution in [0.4, 0.5) is 17.6 Å². The number of halogens is 4. The van der Waals surface area contributed by atoms with Gasteiger partial charge in [0.25, 0.3) is 5.91 Å². The van der Waals surface area contributed by atoms with Crippen LogP contribution in [0.25, 0.3) is 10.9 Å². The first-order valence-corrected chi connectivity index (χ1v) is 10.6. The summed E-state index contributed by atoms with van der Waals surface area (Å²) in [6, 6.07) is 2.94. The van der Waals surface area contributed by atoms with Crippen LogP contribution in [0.1, 0.15) is 61.9 Å². The number of carbonyl (C=O) groups excluding carboxylic acids is 1. The molecule has 0 aliphatic heterocycles. The Balaban J connectivity index is 0.000000179. The first-order valence-electron chi connectivity index (χ1n) is 10.6. The van der Waals surface area contributed by atoms with E-state index in [-0.39, 0.29) is 41.2 Å². The van der Waals surface area contributed by atoms with Crippen molar-refractivity contribution in [1.29, 1.82) is 0 Å². The Bertz CT molecular complexity index is 948. The molecule has 31 heavy (non-hydrogen) atoms. The van der Waals surface area contributed by atoms with Crippen LogP contribution >= 0.6 is 0 Å². The molecular weight excluding hydrogens is 414 g/mol. The number of aromatic amines is 1. The second-order valence-corrected chi connectivity index (χ2v) is 8.50. The third-order valence-corrected chi connectivity index (χ3v) is 6.44. The average molecular weight is 441 g/mol. The summed E-state index contributed by atoms with van der Waals surface area (Å²) in [5, 5.41) is 0.238. The van der Waals surface area contributed by atoms with Crippen LogP contribution in [0.5, 0.6) is 0 Å². The van der Waals surface area contributed by atoms with E-state index in [9.17, 15) is 27.2 Å². The van der Waals surface area contributed by atoms with Crippen molar-refractivity contribution in [1.82, 2.24) is 9.97 Å². The predicted molar refractivity (Wildman–Crippen MR) is 109 cm³/mol. The van der Waals surface area contributed by atoms with Gasteiger partial charge in [-0.2, -0.15) is 0 Å². The second kappa shape index (κ2) is 9.78. The van der Waals surface area contributed by atoms with Crippen molar-refractivity contribution in [3.05, 3.63) is 40.4 Å². The molecule has 2 saturated carbocycles. The number of amides is 1. The summed E-state index contributed by atoms with van der Waals surface area (Å²) in [6.07, 6.45) is 4.61. The molecule has 2 aromatic rings. The highest BCUT2D eigenvalue weighted by molar-refractivity contribution is 6.03. The molecule has 0 aromatic carbocycles. The smallest absolute Gasteiger partial charge is 0.268 e. The molecule has 0 radical (unpaired) electrons. The number of rotatable bonds is 3. The van der Waals surface area contributed by atoms with Gasteiger partial charge >= 0.3 is 0 Å². The largest absolute Gasteiger partial charge is 0.364 e. The van der Waals surface area contributed by atoms with Gasteiger partial charge in [-0.25, -0.2) is 17.6 Å². The Morgan fingerprint density at radius 2 is 1.84 bits per heavy atom. The third kappa shape index (κ3) is 5.83. The maximum Gasteiger partial charge on any atom is 0.268 e. The van der Waals surface area contributed by atoms with Crippen molar-refractivity contribution in [2.45, 2.75) is 63.7 Å². The molecule has 0 spiro atoms. The van der Waals surface area contributed by atoms with Crippen LogP contribution < -0.4 is 11.2 Å². The highest BCUT2D eigenvalue weighted by Crippen LogP contribution is 2.45. The summed E-state index contributed by atoms with van der Waals surface area (Å²) in [6.45, 7) is 0. The number of hydrogen-bond acceptors (Lipinski definition) is 3. The minimum Gasteiger partial charge on any atom is -0.364 e. The standard InChI is InChI=1S/C13H20F4.C9H7N3O2/c14-12(15)11-3-1-2-10(8-11)9-4-6-13(16,17)7-5-9;10-9(14)8-7-5(1-3-12-8)11-4-2-6(7)13/h9-12H,1-8H2;1-4H,(H2,10,14)(H,11,13)/t10?,11-;/m0./s1. The molecule has 0 bridgehead atoms. The summed E-state index contributed by atoms with van der Waals surface area (Å²) >= 11 is 0. The Morgan fingerprint density at radius 3 is 2.48 bits per heavy atom. The van der Waals surface area contributed by atoms with Crippen LogP contribution in [0, 0.1) is 17.8 Å². The van der Waals surface area contributed by atoms with E-state index in [2.05, 4.69) is 9.97 Å². The normalized spacial score (nSPS) is 23.9. The molecule has 3 N–H and O–H groups in total. The van der Waals surface area contributed by atoms with Crippen molar-refractivity contribution in [2.75, 3.05) is 0 Å². The number of primary amides is 1. The Labute approximate surface area is 177 Å². The number of nitrogens with zero attached hydrogens (tertiary/aromatic N) is 1. The SMILES string of the molecule is FC(F)[C@H]1CCCC(C2CCC(F)(F)CC2)C1.NC(=O)c1nccc2[nH]ccc(=O)c12. The molecule has 0 saturated heterocycles. The lowest BCUT2D eigenvalue weighted by molar-refractivity contribution is -0.0591. The summed E-state index contributed by atoms with van der Waals surface area (Å²) in [5.41, 5.74) is 5.39. The van der Waals surface area contributed by atoms with Crippen LogP contribution in [-0.4, -0.2) is 28.2 Å².